The molecule has 1 saturated heterocycles. The summed E-state index contributed by atoms with van der Waals surface area (Å²) in [7, 11) is 0. The molecule has 1 aliphatic rings. The molecule has 0 saturated carbocycles. The Morgan fingerprint density at radius 2 is 1.90 bits per heavy atom. The maximum atomic E-state index is 12.0. The lowest BCUT2D eigenvalue weighted by Gasteiger charge is -2.34. The van der Waals surface area contributed by atoms with Crippen LogP contribution in [0.2, 0.25) is 0 Å². The molecule has 1 amide bonds. The first kappa shape index (κ1) is 14.0. The standard InChI is InChI=1S/C11H14N4O5/c16-9(6-15-4-2-12-13-15)14-3-1-7(10(17)18)8(5-14)11(19)20/h2,4,7-8H,1,3,5-6H2,(H,17,18)(H,19,20). The highest BCUT2D eigenvalue weighted by atomic mass is 16.4. The van der Waals surface area contributed by atoms with E-state index in [9.17, 15) is 14.4 Å². The monoisotopic (exact) mass is 282 g/mol. The van der Waals surface area contributed by atoms with Crippen molar-refractivity contribution in [3.05, 3.63) is 12.4 Å². The predicted octanol–water partition coefficient (Wildman–Crippen LogP) is -1.09. The number of hydrogen-bond donors (Lipinski definition) is 2. The number of piperidine rings is 1. The molecule has 2 N–H and O–H groups in total. The number of rotatable bonds is 4. The van der Waals surface area contributed by atoms with Crippen molar-refractivity contribution in [2.24, 2.45) is 11.8 Å². The van der Waals surface area contributed by atoms with E-state index in [1.165, 1.54) is 22.0 Å². The Labute approximate surface area is 113 Å². The highest BCUT2D eigenvalue weighted by Crippen LogP contribution is 2.24. The van der Waals surface area contributed by atoms with Crippen molar-refractivity contribution >= 4 is 17.8 Å². The van der Waals surface area contributed by atoms with Crippen LogP contribution in [0, 0.1) is 11.8 Å². The van der Waals surface area contributed by atoms with E-state index < -0.39 is 23.8 Å². The first-order chi connectivity index (χ1) is 9.49. The van der Waals surface area contributed by atoms with Crippen molar-refractivity contribution in [1.82, 2.24) is 19.9 Å². The summed E-state index contributed by atoms with van der Waals surface area (Å²) in [5, 5.41) is 25.3. The van der Waals surface area contributed by atoms with Gasteiger partial charge in [-0.05, 0) is 6.42 Å². The average molecular weight is 282 g/mol. The zero-order valence-corrected chi connectivity index (χ0v) is 10.5. The number of hydrogen-bond acceptors (Lipinski definition) is 5. The third kappa shape index (κ3) is 2.92. The molecule has 2 rings (SSSR count). The Morgan fingerprint density at radius 1 is 1.20 bits per heavy atom. The number of carbonyl (C=O) groups is 3. The number of amides is 1. The van der Waals surface area contributed by atoms with Gasteiger partial charge in [-0.15, -0.1) is 5.10 Å². The molecule has 108 valence electrons. The van der Waals surface area contributed by atoms with E-state index in [1.807, 2.05) is 0 Å². The Kier molecular flexibility index (Phi) is 3.97. The van der Waals surface area contributed by atoms with Crippen LogP contribution in [0.5, 0.6) is 0 Å². The van der Waals surface area contributed by atoms with Gasteiger partial charge in [-0.25, -0.2) is 4.68 Å². The maximum Gasteiger partial charge on any atom is 0.309 e. The van der Waals surface area contributed by atoms with E-state index in [0.29, 0.717) is 0 Å². The second-order valence-corrected chi connectivity index (χ2v) is 4.62. The molecule has 0 bridgehead atoms. The van der Waals surface area contributed by atoms with Crippen LogP contribution in [0.1, 0.15) is 6.42 Å². The summed E-state index contributed by atoms with van der Waals surface area (Å²) in [6, 6.07) is 0. The highest BCUT2D eigenvalue weighted by molar-refractivity contribution is 5.82. The lowest BCUT2D eigenvalue weighted by atomic mass is 9.85. The number of carbonyl (C=O) groups excluding carboxylic acids is 1. The van der Waals surface area contributed by atoms with E-state index in [-0.39, 0.29) is 32.0 Å². The summed E-state index contributed by atoms with van der Waals surface area (Å²) in [6.07, 6.45) is 3.09. The molecule has 0 aliphatic carbocycles. The molecule has 1 aliphatic heterocycles. The molecule has 2 heterocycles. The van der Waals surface area contributed by atoms with Crippen molar-refractivity contribution in [3.8, 4) is 0 Å². The zero-order valence-electron chi connectivity index (χ0n) is 10.5. The van der Waals surface area contributed by atoms with Gasteiger partial charge in [-0.3, -0.25) is 14.4 Å². The summed E-state index contributed by atoms with van der Waals surface area (Å²) < 4.78 is 1.33. The van der Waals surface area contributed by atoms with Crippen molar-refractivity contribution < 1.29 is 24.6 Å². The number of nitrogens with zero attached hydrogens (tertiary/aromatic N) is 4. The minimum absolute atomic E-state index is 0.0376. The highest BCUT2D eigenvalue weighted by Gasteiger charge is 2.40. The summed E-state index contributed by atoms with van der Waals surface area (Å²) in [5.41, 5.74) is 0. The fourth-order valence-electron chi connectivity index (χ4n) is 2.28. The summed E-state index contributed by atoms with van der Waals surface area (Å²) in [5.74, 6) is -4.68. The van der Waals surface area contributed by atoms with Crippen LogP contribution >= 0.6 is 0 Å². The molecule has 20 heavy (non-hydrogen) atoms. The van der Waals surface area contributed by atoms with Gasteiger partial charge < -0.3 is 15.1 Å². The molecule has 2 atom stereocenters. The quantitative estimate of drug-likeness (QED) is 0.718. The van der Waals surface area contributed by atoms with Gasteiger partial charge in [0.15, 0.2) is 0 Å². The number of carboxylic acids is 2. The first-order valence-electron chi connectivity index (χ1n) is 6.06. The van der Waals surface area contributed by atoms with Crippen LogP contribution in [0.25, 0.3) is 0 Å². The SMILES string of the molecule is O=C(O)C1CCN(C(=O)Cn2ccnn2)CC1C(=O)O. The molecule has 0 spiro atoms. The second-order valence-electron chi connectivity index (χ2n) is 4.62. The van der Waals surface area contributed by atoms with Gasteiger partial charge in [0.2, 0.25) is 5.91 Å². The van der Waals surface area contributed by atoms with Crippen molar-refractivity contribution in [3.63, 3.8) is 0 Å². The minimum Gasteiger partial charge on any atom is -0.481 e. The minimum atomic E-state index is -1.20. The van der Waals surface area contributed by atoms with Crippen LogP contribution in [0.15, 0.2) is 12.4 Å². The molecule has 0 aromatic carbocycles. The second kappa shape index (κ2) is 5.68. The summed E-state index contributed by atoms with van der Waals surface area (Å²) >= 11 is 0. The smallest absolute Gasteiger partial charge is 0.309 e. The lowest BCUT2D eigenvalue weighted by Crippen LogP contribution is -2.49. The fraction of sp³-hybridized carbons (Fsp3) is 0.545. The van der Waals surface area contributed by atoms with Gasteiger partial charge in [0, 0.05) is 19.3 Å². The fourth-order valence-corrected chi connectivity index (χ4v) is 2.28. The van der Waals surface area contributed by atoms with Gasteiger partial charge >= 0.3 is 11.9 Å². The van der Waals surface area contributed by atoms with E-state index in [0.717, 1.165) is 0 Å². The molecule has 9 nitrogen and oxygen atoms in total. The zero-order chi connectivity index (χ0) is 14.7. The molecule has 1 aromatic rings. The first-order valence-corrected chi connectivity index (χ1v) is 6.06. The molecule has 1 aromatic heterocycles. The Bertz CT molecular complexity index is 515. The van der Waals surface area contributed by atoms with E-state index in [4.69, 9.17) is 10.2 Å². The predicted molar refractivity (Wildman–Crippen MR) is 63.5 cm³/mol. The Morgan fingerprint density at radius 3 is 2.45 bits per heavy atom. The maximum absolute atomic E-state index is 12.0. The van der Waals surface area contributed by atoms with Crippen LogP contribution < -0.4 is 0 Å². The largest absolute Gasteiger partial charge is 0.481 e. The van der Waals surface area contributed by atoms with Crippen LogP contribution in [0.4, 0.5) is 0 Å². The number of carboxylic acid groups (broad SMARTS) is 2. The number of likely N-dealkylation sites (tertiary alicyclic amines) is 1. The van der Waals surface area contributed by atoms with E-state index in [1.54, 1.807) is 0 Å². The topological polar surface area (TPSA) is 126 Å². The van der Waals surface area contributed by atoms with Crippen molar-refractivity contribution in [2.75, 3.05) is 13.1 Å². The normalized spacial score (nSPS) is 22.5. The molecule has 2 unspecified atom stereocenters. The van der Waals surface area contributed by atoms with Crippen LogP contribution in [0.3, 0.4) is 0 Å². The lowest BCUT2D eigenvalue weighted by molar-refractivity contribution is -0.159. The van der Waals surface area contributed by atoms with E-state index in [2.05, 4.69) is 10.3 Å². The summed E-state index contributed by atoms with van der Waals surface area (Å²) in [4.78, 5) is 35.5. The van der Waals surface area contributed by atoms with Gasteiger partial charge in [0.05, 0.1) is 18.0 Å². The molecule has 0 radical (unpaired) electrons. The molecule has 1 fully saturated rings. The average Bonchev–Trinajstić information content (AvgIpc) is 2.90. The van der Waals surface area contributed by atoms with Gasteiger partial charge in [0.1, 0.15) is 6.54 Å². The van der Waals surface area contributed by atoms with E-state index >= 15 is 0 Å². The van der Waals surface area contributed by atoms with Gasteiger partial charge in [-0.2, -0.15) is 0 Å². The third-order valence-electron chi connectivity index (χ3n) is 3.37. The molecular formula is C11H14N4O5. The molecular weight excluding hydrogens is 268 g/mol. The van der Waals surface area contributed by atoms with Crippen molar-refractivity contribution in [1.29, 1.82) is 0 Å². The molecule has 9 heteroatoms. The van der Waals surface area contributed by atoms with Crippen molar-refractivity contribution in [2.45, 2.75) is 13.0 Å². The van der Waals surface area contributed by atoms with Crippen LogP contribution in [-0.2, 0) is 20.9 Å². The Hall–Kier alpha value is -2.45. The summed E-state index contributed by atoms with van der Waals surface area (Å²) in [6.45, 7) is 0.0954. The number of aliphatic carboxylic acids is 2. The number of aromatic nitrogens is 3. The third-order valence-corrected chi connectivity index (χ3v) is 3.37. The Balaban J connectivity index is 2.02. The van der Waals surface area contributed by atoms with Gasteiger partial charge in [-0.1, -0.05) is 5.21 Å². The van der Waals surface area contributed by atoms with Crippen LogP contribution in [-0.4, -0.2) is 61.0 Å². The van der Waals surface area contributed by atoms with Gasteiger partial charge in [0.25, 0.3) is 0 Å².